The molecule has 1 heterocycles. The van der Waals surface area contributed by atoms with E-state index in [1.54, 1.807) is 12.2 Å². The van der Waals surface area contributed by atoms with Gasteiger partial charge < -0.3 is 9.52 Å². The predicted molar refractivity (Wildman–Crippen MR) is 131 cm³/mol. The molecule has 1 aromatic carbocycles. The van der Waals surface area contributed by atoms with Crippen LogP contribution in [0.1, 0.15) is 46.0 Å². The van der Waals surface area contributed by atoms with Crippen LogP contribution in [0.3, 0.4) is 0 Å². The fraction of sp³-hybridized carbons (Fsp3) is 0.536. The van der Waals surface area contributed by atoms with Gasteiger partial charge in [-0.15, -0.1) is 0 Å². The molecule has 178 valence electrons. The number of aromatic nitrogens is 1. The van der Waals surface area contributed by atoms with Gasteiger partial charge in [0.15, 0.2) is 11.4 Å². The Hall–Kier alpha value is -2.18. The number of rotatable bonds is 4. The zero-order valence-corrected chi connectivity index (χ0v) is 20.5. The number of thioether (sulfide) groups is 1. The minimum absolute atomic E-state index is 0.0433. The zero-order chi connectivity index (χ0) is 23.7. The Morgan fingerprint density at radius 1 is 1.24 bits per heavy atom. The molecule has 0 saturated heterocycles. The van der Waals surface area contributed by atoms with Crippen LogP contribution in [-0.2, 0) is 9.59 Å². The smallest absolute Gasteiger partial charge is 0.257 e. The van der Waals surface area contributed by atoms with Gasteiger partial charge in [0.2, 0.25) is 0 Å². The number of carbonyl (C=O) groups is 2. The first-order chi connectivity index (χ1) is 16.3. The van der Waals surface area contributed by atoms with E-state index < -0.39 is 6.10 Å². The number of fused-ring (bicyclic) bond motifs is 6. The lowest BCUT2D eigenvalue weighted by Gasteiger charge is -2.58. The topological polar surface area (TPSA) is 80.4 Å². The maximum absolute atomic E-state index is 13.5. The average Bonchev–Trinajstić information content (AvgIpc) is 3.37. The van der Waals surface area contributed by atoms with E-state index in [0.717, 1.165) is 36.8 Å². The molecule has 0 bridgehead atoms. The quantitative estimate of drug-likeness (QED) is 0.595. The molecule has 34 heavy (non-hydrogen) atoms. The number of allylic oxidation sites excluding steroid dienone is 4. The van der Waals surface area contributed by atoms with Gasteiger partial charge in [-0.25, -0.2) is 4.98 Å². The Balaban J connectivity index is 1.21. The van der Waals surface area contributed by atoms with Crippen molar-refractivity contribution in [3.8, 4) is 0 Å². The lowest BCUT2D eigenvalue weighted by atomic mass is 9.46. The summed E-state index contributed by atoms with van der Waals surface area (Å²) >= 11 is 1.38. The number of aliphatic hydroxyl groups is 1. The third kappa shape index (κ3) is 3.29. The third-order valence-corrected chi connectivity index (χ3v) is 10.3. The van der Waals surface area contributed by atoms with Gasteiger partial charge in [0.1, 0.15) is 11.3 Å². The molecule has 1 N–H and O–H groups in total. The van der Waals surface area contributed by atoms with Gasteiger partial charge in [-0.3, -0.25) is 9.59 Å². The van der Waals surface area contributed by atoms with Crippen LogP contribution in [0.25, 0.3) is 11.1 Å². The molecule has 1 aromatic heterocycles. The van der Waals surface area contributed by atoms with E-state index in [0.29, 0.717) is 29.2 Å². The molecule has 4 aliphatic carbocycles. The number of aliphatic hydroxyl groups excluding tert-OH is 1. The molecule has 0 radical (unpaired) electrons. The van der Waals surface area contributed by atoms with E-state index in [4.69, 9.17) is 4.42 Å². The van der Waals surface area contributed by atoms with Crippen molar-refractivity contribution in [2.45, 2.75) is 57.3 Å². The second-order valence-electron chi connectivity index (χ2n) is 11.1. The predicted octanol–water partition coefficient (Wildman–Crippen LogP) is 5.38. The monoisotopic (exact) mass is 477 g/mol. The number of Topliss-reactive ketones (excluding diaryl/α,β-unsaturated/α-hetero) is 1. The summed E-state index contributed by atoms with van der Waals surface area (Å²) in [7, 11) is 0. The van der Waals surface area contributed by atoms with Crippen molar-refractivity contribution < 1.29 is 19.1 Å². The summed E-state index contributed by atoms with van der Waals surface area (Å²) in [5.41, 5.74) is 2.27. The minimum Gasteiger partial charge on any atom is -0.431 e. The van der Waals surface area contributed by atoms with Crippen molar-refractivity contribution in [2.24, 2.45) is 34.5 Å². The van der Waals surface area contributed by atoms with Crippen LogP contribution in [0.2, 0.25) is 0 Å². The van der Waals surface area contributed by atoms with Gasteiger partial charge >= 0.3 is 0 Å². The van der Waals surface area contributed by atoms with E-state index in [-0.39, 0.29) is 34.2 Å². The Morgan fingerprint density at radius 3 is 2.88 bits per heavy atom. The lowest BCUT2D eigenvalue weighted by molar-refractivity contribution is -0.137. The van der Waals surface area contributed by atoms with Crippen molar-refractivity contribution in [2.75, 3.05) is 5.75 Å². The molecule has 7 unspecified atom stereocenters. The molecular formula is C28H31NO4S. The normalized spacial score (nSPS) is 38.9. The van der Waals surface area contributed by atoms with Gasteiger partial charge in [0.25, 0.3) is 5.22 Å². The largest absolute Gasteiger partial charge is 0.431 e. The molecule has 0 spiro atoms. The molecule has 3 fully saturated rings. The van der Waals surface area contributed by atoms with E-state index in [1.807, 2.05) is 30.3 Å². The molecular weight excluding hydrogens is 446 g/mol. The number of hydrogen-bond acceptors (Lipinski definition) is 6. The van der Waals surface area contributed by atoms with Crippen molar-refractivity contribution in [1.29, 1.82) is 0 Å². The van der Waals surface area contributed by atoms with Crippen LogP contribution in [0.15, 0.2) is 57.7 Å². The van der Waals surface area contributed by atoms with Crippen molar-refractivity contribution >= 4 is 34.4 Å². The number of nitrogens with zero attached hydrogens (tertiary/aromatic N) is 1. The summed E-state index contributed by atoms with van der Waals surface area (Å²) < 4.78 is 5.79. The minimum atomic E-state index is -0.476. The number of carbonyl (C=O) groups excluding carboxylic acids is 2. The first kappa shape index (κ1) is 22.3. The molecule has 6 heteroatoms. The Bertz CT molecular complexity index is 1200. The number of benzene rings is 1. The Morgan fingerprint density at radius 2 is 2.06 bits per heavy atom. The molecule has 6 rings (SSSR count). The van der Waals surface area contributed by atoms with Gasteiger partial charge in [0.05, 0.1) is 11.9 Å². The van der Waals surface area contributed by atoms with Crippen LogP contribution < -0.4 is 0 Å². The van der Waals surface area contributed by atoms with Crippen molar-refractivity contribution in [3.63, 3.8) is 0 Å². The SMILES string of the molecule is CC12C=CC(=O)C=C1CCC1C2C(O)CC2(C)C(C(=O)CSc3nc4ccccc4o3)CCC12. The maximum Gasteiger partial charge on any atom is 0.257 e. The van der Waals surface area contributed by atoms with Crippen molar-refractivity contribution in [1.82, 2.24) is 4.98 Å². The van der Waals surface area contributed by atoms with Crippen LogP contribution >= 0.6 is 11.8 Å². The van der Waals surface area contributed by atoms with Gasteiger partial charge in [-0.1, -0.05) is 49.4 Å². The first-order valence-electron chi connectivity index (χ1n) is 12.4. The van der Waals surface area contributed by atoms with E-state index in [1.165, 1.54) is 17.3 Å². The molecule has 5 nitrogen and oxygen atoms in total. The van der Waals surface area contributed by atoms with Crippen molar-refractivity contribution in [3.05, 3.63) is 48.1 Å². The number of oxazole rings is 1. The molecule has 3 saturated carbocycles. The standard InChI is InChI=1S/C28H31NO4S/c1-27-12-11-17(30)13-16(27)7-8-18-19-9-10-20(28(19,2)14-22(31)25(18)27)23(32)15-34-26-29-21-5-3-4-6-24(21)33-26/h3-6,11-13,18-20,22,25,31H,7-10,14-15H2,1-2H3. The molecule has 7 atom stereocenters. The third-order valence-electron chi connectivity index (χ3n) is 9.49. The van der Waals surface area contributed by atoms with Crippen LogP contribution in [0.5, 0.6) is 0 Å². The van der Waals surface area contributed by atoms with Crippen LogP contribution in [-0.4, -0.2) is 33.5 Å². The average molecular weight is 478 g/mol. The van der Waals surface area contributed by atoms with E-state index in [9.17, 15) is 14.7 Å². The molecule has 0 amide bonds. The van der Waals surface area contributed by atoms with Crippen LogP contribution in [0, 0.1) is 34.5 Å². The second-order valence-corrected chi connectivity index (χ2v) is 12.1. The highest BCUT2D eigenvalue weighted by molar-refractivity contribution is 7.99. The second kappa shape index (κ2) is 7.92. The highest BCUT2D eigenvalue weighted by Gasteiger charge is 2.62. The Labute approximate surface area is 204 Å². The summed E-state index contributed by atoms with van der Waals surface area (Å²) in [5, 5.41) is 12.0. The summed E-state index contributed by atoms with van der Waals surface area (Å²) in [4.78, 5) is 29.9. The summed E-state index contributed by atoms with van der Waals surface area (Å²) in [5.74, 6) is 1.51. The number of ketones is 2. The zero-order valence-electron chi connectivity index (χ0n) is 19.7. The highest BCUT2D eigenvalue weighted by Crippen LogP contribution is 2.66. The number of hydrogen-bond donors (Lipinski definition) is 1. The van der Waals surface area contributed by atoms with Gasteiger partial charge in [-0.2, -0.15) is 0 Å². The number of para-hydroxylation sites is 2. The van der Waals surface area contributed by atoms with Gasteiger partial charge in [-0.05, 0) is 73.6 Å². The van der Waals surface area contributed by atoms with E-state index >= 15 is 0 Å². The summed E-state index contributed by atoms with van der Waals surface area (Å²) in [6, 6.07) is 7.64. The van der Waals surface area contributed by atoms with Gasteiger partial charge in [0, 0.05) is 17.3 Å². The highest BCUT2D eigenvalue weighted by atomic mass is 32.2. The van der Waals surface area contributed by atoms with E-state index in [2.05, 4.69) is 18.8 Å². The Kier molecular flexibility index (Phi) is 5.19. The lowest BCUT2D eigenvalue weighted by Crippen LogP contribution is -2.56. The fourth-order valence-electron chi connectivity index (χ4n) is 8.00. The molecule has 4 aliphatic rings. The summed E-state index contributed by atoms with van der Waals surface area (Å²) in [6.07, 6.45) is 9.50. The first-order valence-corrected chi connectivity index (χ1v) is 13.4. The summed E-state index contributed by atoms with van der Waals surface area (Å²) in [6.45, 7) is 4.43. The fourth-order valence-corrected chi connectivity index (χ4v) is 8.78. The molecule has 0 aliphatic heterocycles. The molecule has 2 aromatic rings. The maximum atomic E-state index is 13.5. The van der Waals surface area contributed by atoms with Crippen LogP contribution in [0.4, 0.5) is 0 Å².